The number of nitro benzene ring substituents is 1. The molecule has 1 fully saturated rings. The molecule has 0 unspecified atom stereocenters. The average molecular weight is 344 g/mol. The molecule has 3 rings (SSSR count). The van der Waals surface area contributed by atoms with E-state index in [1.165, 1.54) is 24.3 Å². The predicted octanol–water partition coefficient (Wildman–Crippen LogP) is 0.677. The summed E-state index contributed by atoms with van der Waals surface area (Å²) in [6.07, 6.45) is 0. The van der Waals surface area contributed by atoms with E-state index in [2.05, 4.69) is 5.10 Å². The minimum Gasteiger partial charge on any atom is -0.378 e. The van der Waals surface area contributed by atoms with Crippen LogP contribution in [0.3, 0.4) is 0 Å². The van der Waals surface area contributed by atoms with Crippen molar-refractivity contribution in [3.63, 3.8) is 0 Å². The van der Waals surface area contributed by atoms with Crippen molar-refractivity contribution in [2.24, 2.45) is 0 Å². The number of amides is 1. The highest BCUT2D eigenvalue weighted by Gasteiger charge is 2.18. The molecule has 0 bridgehead atoms. The number of morpholine rings is 1. The van der Waals surface area contributed by atoms with E-state index in [0.717, 1.165) is 4.68 Å². The molecule has 1 amide bonds. The van der Waals surface area contributed by atoms with Gasteiger partial charge >= 0.3 is 0 Å². The van der Waals surface area contributed by atoms with Crippen molar-refractivity contribution in [1.29, 1.82) is 0 Å². The highest BCUT2D eigenvalue weighted by molar-refractivity contribution is 5.76. The molecule has 0 N–H and O–H groups in total. The topological polar surface area (TPSA) is 108 Å². The number of ether oxygens (including phenoxy) is 1. The Morgan fingerprint density at radius 2 is 2.00 bits per heavy atom. The van der Waals surface area contributed by atoms with Crippen LogP contribution in [0.4, 0.5) is 5.69 Å². The van der Waals surface area contributed by atoms with Gasteiger partial charge in [-0.1, -0.05) is 12.1 Å². The lowest BCUT2D eigenvalue weighted by Crippen LogP contribution is -2.43. The fraction of sp³-hybridized carbons (Fsp3) is 0.312. The predicted molar refractivity (Wildman–Crippen MR) is 88.0 cm³/mol. The highest BCUT2D eigenvalue weighted by Crippen LogP contribution is 2.21. The molecule has 2 heterocycles. The summed E-state index contributed by atoms with van der Waals surface area (Å²) in [6.45, 7) is 1.74. The van der Waals surface area contributed by atoms with Gasteiger partial charge in [0.1, 0.15) is 6.54 Å². The van der Waals surface area contributed by atoms with Gasteiger partial charge in [-0.05, 0) is 6.07 Å². The molecule has 9 nitrogen and oxygen atoms in total. The molecule has 0 saturated carbocycles. The minimum absolute atomic E-state index is 0.0681. The quantitative estimate of drug-likeness (QED) is 0.596. The molecule has 0 aliphatic carbocycles. The van der Waals surface area contributed by atoms with Gasteiger partial charge in [-0.3, -0.25) is 19.7 Å². The smallest absolute Gasteiger partial charge is 0.270 e. The first kappa shape index (κ1) is 16.8. The second kappa shape index (κ2) is 7.22. The number of benzene rings is 1. The van der Waals surface area contributed by atoms with Crippen molar-refractivity contribution in [1.82, 2.24) is 14.7 Å². The third kappa shape index (κ3) is 3.89. The average Bonchev–Trinajstić information content (AvgIpc) is 2.64. The van der Waals surface area contributed by atoms with E-state index in [9.17, 15) is 19.7 Å². The fourth-order valence-corrected chi connectivity index (χ4v) is 2.54. The molecule has 0 radical (unpaired) electrons. The van der Waals surface area contributed by atoms with Crippen LogP contribution < -0.4 is 5.56 Å². The number of aromatic nitrogens is 2. The van der Waals surface area contributed by atoms with Crippen LogP contribution in [0.2, 0.25) is 0 Å². The number of hydrogen-bond donors (Lipinski definition) is 0. The van der Waals surface area contributed by atoms with Crippen molar-refractivity contribution < 1.29 is 14.5 Å². The Morgan fingerprint density at radius 1 is 1.24 bits per heavy atom. The Hall–Kier alpha value is -3.07. The second-order valence-corrected chi connectivity index (χ2v) is 5.52. The summed E-state index contributed by atoms with van der Waals surface area (Å²) in [6, 6.07) is 8.74. The number of carbonyl (C=O) groups excluding carboxylic acids is 1. The zero-order chi connectivity index (χ0) is 17.8. The molecule has 1 aliphatic heterocycles. The summed E-state index contributed by atoms with van der Waals surface area (Å²) in [7, 11) is 0. The number of hydrogen-bond acceptors (Lipinski definition) is 6. The first-order chi connectivity index (χ1) is 12.0. The van der Waals surface area contributed by atoms with Crippen LogP contribution in [0.25, 0.3) is 11.3 Å². The van der Waals surface area contributed by atoms with Gasteiger partial charge < -0.3 is 9.64 Å². The van der Waals surface area contributed by atoms with Crippen LogP contribution in [0.15, 0.2) is 41.2 Å². The summed E-state index contributed by atoms with van der Waals surface area (Å²) < 4.78 is 6.27. The third-order valence-corrected chi connectivity index (χ3v) is 3.87. The van der Waals surface area contributed by atoms with Crippen molar-refractivity contribution in [2.45, 2.75) is 6.54 Å². The second-order valence-electron chi connectivity index (χ2n) is 5.52. The monoisotopic (exact) mass is 344 g/mol. The summed E-state index contributed by atoms with van der Waals surface area (Å²) in [5.41, 5.74) is 0.414. The highest BCUT2D eigenvalue weighted by atomic mass is 16.6. The van der Waals surface area contributed by atoms with Crippen LogP contribution >= 0.6 is 0 Å². The van der Waals surface area contributed by atoms with Crippen molar-refractivity contribution in [2.75, 3.05) is 26.3 Å². The molecular weight excluding hydrogens is 328 g/mol. The van der Waals surface area contributed by atoms with Crippen LogP contribution in [0.5, 0.6) is 0 Å². The van der Waals surface area contributed by atoms with Crippen LogP contribution in [-0.4, -0.2) is 51.8 Å². The molecule has 130 valence electrons. The zero-order valence-corrected chi connectivity index (χ0v) is 13.3. The van der Waals surface area contributed by atoms with E-state index >= 15 is 0 Å². The Morgan fingerprint density at radius 3 is 2.72 bits per heavy atom. The Labute approximate surface area is 142 Å². The SMILES string of the molecule is O=C(Cn1nc(-c2cccc([N+](=O)[O-])c2)ccc1=O)N1CCOCC1. The van der Waals surface area contributed by atoms with Gasteiger partial charge in [0.15, 0.2) is 0 Å². The van der Waals surface area contributed by atoms with Gasteiger partial charge in [-0.2, -0.15) is 5.10 Å². The first-order valence-corrected chi connectivity index (χ1v) is 7.73. The van der Waals surface area contributed by atoms with Crippen molar-refractivity contribution in [3.05, 3.63) is 56.9 Å². The lowest BCUT2D eigenvalue weighted by atomic mass is 10.1. The minimum atomic E-state index is -0.499. The third-order valence-electron chi connectivity index (χ3n) is 3.87. The molecule has 1 aromatic heterocycles. The van der Waals surface area contributed by atoms with Gasteiger partial charge in [-0.25, -0.2) is 4.68 Å². The zero-order valence-electron chi connectivity index (χ0n) is 13.3. The number of nitro groups is 1. The lowest BCUT2D eigenvalue weighted by Gasteiger charge is -2.26. The van der Waals surface area contributed by atoms with Gasteiger partial charge in [-0.15, -0.1) is 0 Å². The summed E-state index contributed by atoms with van der Waals surface area (Å²) in [4.78, 5) is 36.3. The first-order valence-electron chi connectivity index (χ1n) is 7.73. The normalized spacial score (nSPS) is 14.3. The molecule has 1 aromatic carbocycles. The van der Waals surface area contributed by atoms with Crippen molar-refractivity contribution in [3.8, 4) is 11.3 Å². The van der Waals surface area contributed by atoms with Crippen molar-refractivity contribution >= 4 is 11.6 Å². The van der Waals surface area contributed by atoms with Gasteiger partial charge in [0, 0.05) is 36.9 Å². The molecule has 1 saturated heterocycles. The summed E-state index contributed by atoms with van der Waals surface area (Å²) in [5.74, 6) is -0.214. The van der Waals surface area contributed by atoms with Gasteiger partial charge in [0.05, 0.1) is 23.8 Å². The van der Waals surface area contributed by atoms with Crippen LogP contribution in [0, 0.1) is 10.1 Å². The molecule has 1 aliphatic rings. The molecule has 0 atom stereocenters. The maximum atomic E-state index is 12.3. The van der Waals surface area contributed by atoms with Crippen LogP contribution in [-0.2, 0) is 16.1 Å². The Balaban J connectivity index is 1.85. The maximum Gasteiger partial charge on any atom is 0.270 e. The number of nitrogens with zero attached hydrogens (tertiary/aromatic N) is 4. The number of carbonyl (C=O) groups is 1. The standard InChI is InChI=1S/C16H16N4O5/c21-15-5-4-14(12-2-1-3-13(10-12)20(23)24)17-19(15)11-16(22)18-6-8-25-9-7-18/h1-5,10H,6-9,11H2. The lowest BCUT2D eigenvalue weighted by molar-refractivity contribution is -0.384. The molecule has 2 aromatic rings. The molecule has 0 spiro atoms. The summed E-state index contributed by atoms with van der Waals surface area (Å²) >= 11 is 0. The largest absolute Gasteiger partial charge is 0.378 e. The van der Waals surface area contributed by atoms with E-state index in [-0.39, 0.29) is 18.1 Å². The molecule has 25 heavy (non-hydrogen) atoms. The Bertz CT molecular complexity index is 858. The number of non-ortho nitro benzene ring substituents is 1. The van der Waals surface area contributed by atoms with E-state index in [0.29, 0.717) is 37.6 Å². The van der Waals surface area contributed by atoms with E-state index in [1.54, 1.807) is 17.0 Å². The van der Waals surface area contributed by atoms with E-state index < -0.39 is 10.5 Å². The number of rotatable bonds is 4. The van der Waals surface area contributed by atoms with E-state index in [1.807, 2.05) is 0 Å². The molecular formula is C16H16N4O5. The van der Waals surface area contributed by atoms with Gasteiger partial charge in [0.25, 0.3) is 11.2 Å². The van der Waals surface area contributed by atoms with E-state index in [4.69, 9.17) is 4.74 Å². The maximum absolute atomic E-state index is 12.3. The van der Waals surface area contributed by atoms with Crippen LogP contribution in [0.1, 0.15) is 0 Å². The molecule has 9 heteroatoms. The van der Waals surface area contributed by atoms with Gasteiger partial charge in [0.2, 0.25) is 5.91 Å². The Kier molecular flexibility index (Phi) is 4.85. The fourth-order valence-electron chi connectivity index (χ4n) is 2.54. The summed E-state index contributed by atoms with van der Waals surface area (Å²) in [5, 5.41) is 15.1.